The smallest absolute Gasteiger partial charge is 0.251 e. The van der Waals surface area contributed by atoms with Crippen molar-refractivity contribution in [3.05, 3.63) is 89.5 Å². The van der Waals surface area contributed by atoms with Crippen molar-refractivity contribution >= 4 is 5.91 Å². The largest absolute Gasteiger partial charge is 0.497 e. The molecule has 0 aromatic heterocycles. The van der Waals surface area contributed by atoms with Gasteiger partial charge < -0.3 is 24.4 Å². The molecule has 3 aromatic carbocycles. The van der Waals surface area contributed by atoms with E-state index < -0.39 is 0 Å². The summed E-state index contributed by atoms with van der Waals surface area (Å²) in [5.41, 5.74) is 3.18. The van der Waals surface area contributed by atoms with E-state index in [1.165, 1.54) is 11.1 Å². The maximum Gasteiger partial charge on any atom is 0.251 e. The van der Waals surface area contributed by atoms with Gasteiger partial charge in [0, 0.05) is 37.7 Å². The van der Waals surface area contributed by atoms with Gasteiger partial charge in [0.25, 0.3) is 5.91 Å². The predicted molar refractivity (Wildman–Crippen MR) is 138 cm³/mol. The second kappa shape index (κ2) is 11.8. The fraction of sp³-hybridized carbons (Fsp3) is 0.345. The molecule has 0 spiro atoms. The number of amides is 1. The van der Waals surface area contributed by atoms with Crippen LogP contribution in [0.3, 0.4) is 0 Å². The minimum atomic E-state index is -0.0251. The van der Waals surface area contributed by atoms with Crippen molar-refractivity contribution in [3.8, 4) is 17.2 Å². The Morgan fingerprint density at radius 3 is 2.31 bits per heavy atom. The molecule has 1 aliphatic heterocycles. The number of benzene rings is 3. The van der Waals surface area contributed by atoms with Crippen LogP contribution in [0.4, 0.5) is 0 Å². The van der Waals surface area contributed by atoms with Crippen LogP contribution in [0.15, 0.2) is 72.8 Å². The van der Waals surface area contributed by atoms with Gasteiger partial charge >= 0.3 is 0 Å². The van der Waals surface area contributed by atoms with Crippen molar-refractivity contribution in [2.45, 2.75) is 12.3 Å². The second-order valence-electron chi connectivity index (χ2n) is 8.91. The first kappa shape index (κ1) is 24.6. The Kier molecular flexibility index (Phi) is 8.27. The molecule has 1 N–H and O–H groups in total. The molecule has 2 atom stereocenters. The Morgan fingerprint density at radius 2 is 1.63 bits per heavy atom. The van der Waals surface area contributed by atoms with Crippen molar-refractivity contribution in [2.24, 2.45) is 5.92 Å². The van der Waals surface area contributed by atoms with Crippen LogP contribution in [-0.2, 0) is 6.42 Å². The Bertz CT molecular complexity index is 1100. The molecule has 4 rings (SSSR count). The Morgan fingerprint density at radius 1 is 0.886 bits per heavy atom. The molecule has 1 amide bonds. The van der Waals surface area contributed by atoms with E-state index in [1.807, 2.05) is 54.6 Å². The molecule has 1 aliphatic rings. The Hall–Kier alpha value is -3.51. The van der Waals surface area contributed by atoms with Gasteiger partial charge in [-0.2, -0.15) is 0 Å². The molecular formula is C29H34N2O4. The van der Waals surface area contributed by atoms with Gasteiger partial charge in [0.1, 0.15) is 5.75 Å². The van der Waals surface area contributed by atoms with Crippen molar-refractivity contribution in [1.29, 1.82) is 0 Å². The third kappa shape index (κ3) is 6.14. The lowest BCUT2D eigenvalue weighted by Gasteiger charge is -2.19. The number of methoxy groups -OCH3 is 3. The first-order valence-corrected chi connectivity index (χ1v) is 12.0. The SMILES string of the molecule is COc1ccc([C@H]2CN(CCc3ccc(OC)c(OC)c3)C[C@@H]2CNC(=O)c2ccccc2)cc1. The molecule has 0 aliphatic carbocycles. The summed E-state index contributed by atoms with van der Waals surface area (Å²) in [5.74, 6) is 2.98. The second-order valence-corrected chi connectivity index (χ2v) is 8.91. The fourth-order valence-electron chi connectivity index (χ4n) is 4.82. The normalized spacial score (nSPS) is 17.7. The molecule has 1 fully saturated rings. The highest BCUT2D eigenvalue weighted by atomic mass is 16.5. The highest BCUT2D eigenvalue weighted by Crippen LogP contribution is 2.34. The van der Waals surface area contributed by atoms with Crippen LogP contribution in [0.1, 0.15) is 27.4 Å². The molecule has 184 valence electrons. The monoisotopic (exact) mass is 474 g/mol. The molecule has 3 aromatic rings. The molecule has 0 unspecified atom stereocenters. The third-order valence-corrected chi connectivity index (χ3v) is 6.79. The number of nitrogens with zero attached hydrogens (tertiary/aromatic N) is 1. The van der Waals surface area contributed by atoms with Gasteiger partial charge in [0.2, 0.25) is 0 Å². The van der Waals surface area contributed by atoms with Crippen LogP contribution < -0.4 is 19.5 Å². The summed E-state index contributed by atoms with van der Waals surface area (Å²) in [6, 6.07) is 23.8. The van der Waals surface area contributed by atoms with Crippen molar-refractivity contribution < 1.29 is 19.0 Å². The Labute approximate surface area is 207 Å². The van der Waals surface area contributed by atoms with Gasteiger partial charge in [-0.25, -0.2) is 0 Å². The molecule has 0 radical (unpaired) electrons. The summed E-state index contributed by atoms with van der Waals surface area (Å²) in [4.78, 5) is 15.2. The first-order chi connectivity index (χ1) is 17.1. The Balaban J connectivity index is 1.44. The van der Waals surface area contributed by atoms with Crippen LogP contribution in [0.2, 0.25) is 0 Å². The summed E-state index contributed by atoms with van der Waals surface area (Å²) >= 11 is 0. The molecule has 35 heavy (non-hydrogen) atoms. The van der Waals surface area contributed by atoms with E-state index >= 15 is 0 Å². The zero-order valence-electron chi connectivity index (χ0n) is 20.7. The maximum absolute atomic E-state index is 12.7. The molecule has 6 heteroatoms. The van der Waals surface area contributed by atoms with E-state index in [-0.39, 0.29) is 5.91 Å². The molecule has 0 bridgehead atoms. The molecular weight excluding hydrogens is 440 g/mol. The number of ether oxygens (including phenoxy) is 3. The summed E-state index contributed by atoms with van der Waals surface area (Å²) in [5, 5.41) is 3.16. The molecule has 0 saturated carbocycles. The van der Waals surface area contributed by atoms with Crippen LogP contribution in [0.25, 0.3) is 0 Å². The van der Waals surface area contributed by atoms with E-state index in [2.05, 4.69) is 28.4 Å². The number of likely N-dealkylation sites (tertiary alicyclic amines) is 1. The van der Waals surface area contributed by atoms with Gasteiger partial charge in [-0.15, -0.1) is 0 Å². The van der Waals surface area contributed by atoms with E-state index in [1.54, 1.807) is 21.3 Å². The minimum absolute atomic E-state index is 0.0251. The first-order valence-electron chi connectivity index (χ1n) is 12.0. The summed E-state index contributed by atoms with van der Waals surface area (Å²) in [6.07, 6.45) is 0.915. The van der Waals surface area contributed by atoms with Crippen LogP contribution >= 0.6 is 0 Å². The topological polar surface area (TPSA) is 60.0 Å². The number of hydrogen-bond acceptors (Lipinski definition) is 5. The quantitative estimate of drug-likeness (QED) is 0.472. The summed E-state index contributed by atoms with van der Waals surface area (Å²) in [7, 11) is 5.00. The zero-order chi connectivity index (χ0) is 24.6. The maximum atomic E-state index is 12.7. The van der Waals surface area contributed by atoms with Gasteiger partial charge in [-0.05, 0) is 59.9 Å². The third-order valence-electron chi connectivity index (χ3n) is 6.79. The van der Waals surface area contributed by atoms with Crippen LogP contribution in [0.5, 0.6) is 17.2 Å². The molecule has 1 heterocycles. The average Bonchev–Trinajstić information content (AvgIpc) is 3.33. The number of carbonyl (C=O) groups excluding carboxylic acids is 1. The lowest BCUT2D eigenvalue weighted by molar-refractivity contribution is 0.0946. The van der Waals surface area contributed by atoms with E-state index in [0.717, 1.165) is 43.3 Å². The van der Waals surface area contributed by atoms with Gasteiger partial charge in [-0.1, -0.05) is 36.4 Å². The number of carbonyl (C=O) groups is 1. The number of rotatable bonds is 10. The van der Waals surface area contributed by atoms with Crippen molar-refractivity contribution in [2.75, 3.05) is 47.5 Å². The number of hydrogen-bond donors (Lipinski definition) is 1. The van der Waals surface area contributed by atoms with Crippen molar-refractivity contribution in [3.63, 3.8) is 0 Å². The fourth-order valence-corrected chi connectivity index (χ4v) is 4.82. The molecule has 6 nitrogen and oxygen atoms in total. The van der Waals surface area contributed by atoms with Gasteiger partial charge in [-0.3, -0.25) is 4.79 Å². The highest BCUT2D eigenvalue weighted by Gasteiger charge is 2.33. The van der Waals surface area contributed by atoms with Gasteiger partial charge in [0.15, 0.2) is 11.5 Å². The van der Waals surface area contributed by atoms with Crippen molar-refractivity contribution in [1.82, 2.24) is 10.2 Å². The number of nitrogens with one attached hydrogen (secondary N) is 1. The van der Waals surface area contributed by atoms with E-state index in [4.69, 9.17) is 14.2 Å². The van der Waals surface area contributed by atoms with Gasteiger partial charge in [0.05, 0.1) is 21.3 Å². The summed E-state index contributed by atoms with van der Waals surface area (Å²) < 4.78 is 16.2. The van der Waals surface area contributed by atoms with E-state index in [9.17, 15) is 4.79 Å². The molecule has 1 saturated heterocycles. The highest BCUT2D eigenvalue weighted by molar-refractivity contribution is 5.94. The summed E-state index contributed by atoms with van der Waals surface area (Å²) in [6.45, 7) is 3.45. The van der Waals surface area contributed by atoms with Crippen LogP contribution in [0, 0.1) is 5.92 Å². The van der Waals surface area contributed by atoms with Crippen LogP contribution in [-0.4, -0.2) is 58.3 Å². The standard InChI is InChI=1S/C29H34N2O4/c1-33-25-12-10-22(11-13-25)26-20-31(16-15-21-9-14-27(34-2)28(17-21)35-3)19-24(26)18-30-29(32)23-7-5-4-6-8-23/h4-14,17,24,26H,15-16,18-20H2,1-3H3,(H,30,32)/t24-,26+/m0/s1. The van der Waals surface area contributed by atoms with E-state index in [0.29, 0.717) is 23.9 Å². The predicted octanol–water partition coefficient (Wildman–Crippen LogP) is 4.40. The lowest BCUT2D eigenvalue weighted by Crippen LogP contribution is -2.32. The minimum Gasteiger partial charge on any atom is -0.497 e. The zero-order valence-corrected chi connectivity index (χ0v) is 20.7. The lowest BCUT2D eigenvalue weighted by atomic mass is 9.89. The average molecular weight is 475 g/mol.